The van der Waals surface area contributed by atoms with Crippen molar-refractivity contribution >= 4 is 11.9 Å². The zero-order chi connectivity index (χ0) is 18.1. The van der Waals surface area contributed by atoms with E-state index in [1.165, 1.54) is 12.1 Å². The van der Waals surface area contributed by atoms with Crippen LogP contribution in [-0.2, 0) is 9.59 Å². The maximum absolute atomic E-state index is 13.8. The van der Waals surface area contributed by atoms with Crippen LogP contribution >= 0.6 is 0 Å². The van der Waals surface area contributed by atoms with Gasteiger partial charge in [-0.15, -0.1) is 0 Å². The van der Waals surface area contributed by atoms with Gasteiger partial charge in [0.15, 0.2) is 11.6 Å². The zero-order valence-electron chi connectivity index (χ0n) is 14.0. The molecule has 1 amide bonds. The van der Waals surface area contributed by atoms with E-state index in [4.69, 9.17) is 5.11 Å². The first kappa shape index (κ1) is 17.8. The van der Waals surface area contributed by atoms with Crippen LogP contribution < -0.4 is 5.32 Å². The zero-order valence-corrected chi connectivity index (χ0v) is 14.0. The van der Waals surface area contributed by atoms with Gasteiger partial charge in [0.1, 0.15) is 0 Å². The van der Waals surface area contributed by atoms with Gasteiger partial charge < -0.3 is 10.4 Å². The summed E-state index contributed by atoms with van der Waals surface area (Å²) >= 11 is 0. The third-order valence-corrected chi connectivity index (χ3v) is 5.23. The van der Waals surface area contributed by atoms with Crippen LogP contribution in [0, 0.1) is 17.6 Å². The van der Waals surface area contributed by atoms with Crippen molar-refractivity contribution in [2.45, 2.75) is 44.2 Å². The number of nitrogens with one attached hydrogen (secondary N) is 1. The van der Waals surface area contributed by atoms with Gasteiger partial charge in [0, 0.05) is 18.0 Å². The monoisotopic (exact) mass is 352 g/mol. The number of benzene rings is 1. The summed E-state index contributed by atoms with van der Waals surface area (Å²) in [5.74, 6) is -3.30. The molecule has 2 aliphatic carbocycles. The molecule has 136 valence electrons. The molecule has 2 saturated carbocycles. The predicted molar refractivity (Wildman–Crippen MR) is 87.0 cm³/mol. The number of carbonyl (C=O) groups excluding carboxylic acids is 1. The summed E-state index contributed by atoms with van der Waals surface area (Å²) in [5.41, 5.74) is 0.269. The van der Waals surface area contributed by atoms with Crippen LogP contribution in [0.3, 0.4) is 0 Å². The minimum absolute atomic E-state index is 0.00534. The van der Waals surface area contributed by atoms with Crippen molar-refractivity contribution < 1.29 is 23.5 Å². The molecule has 2 unspecified atom stereocenters. The first-order valence-electron chi connectivity index (χ1n) is 8.60. The second-order valence-electron chi connectivity index (χ2n) is 6.88. The largest absolute Gasteiger partial charge is 0.480 e. The van der Waals surface area contributed by atoms with Gasteiger partial charge in [0.2, 0.25) is 5.91 Å². The summed E-state index contributed by atoms with van der Waals surface area (Å²) in [6, 6.07) is 4.25. The average Bonchev–Trinajstić information content (AvgIpc) is 3.31. The number of nitrogens with zero attached hydrogens (tertiary/aromatic N) is 1. The van der Waals surface area contributed by atoms with Crippen molar-refractivity contribution in [3.8, 4) is 0 Å². The van der Waals surface area contributed by atoms with Gasteiger partial charge >= 0.3 is 5.97 Å². The third kappa shape index (κ3) is 3.81. The highest BCUT2D eigenvalue weighted by Gasteiger charge is 2.47. The molecule has 1 aromatic carbocycles. The number of amides is 1. The number of carbonyl (C=O) groups is 2. The Morgan fingerprint density at radius 1 is 1.28 bits per heavy atom. The van der Waals surface area contributed by atoms with Gasteiger partial charge in [-0.3, -0.25) is 14.5 Å². The van der Waals surface area contributed by atoms with E-state index >= 15 is 0 Å². The van der Waals surface area contributed by atoms with Gasteiger partial charge in [-0.05, 0) is 43.4 Å². The summed E-state index contributed by atoms with van der Waals surface area (Å²) in [6.07, 6.45) is 1.97. The number of aliphatic carboxylic acids is 1. The third-order valence-electron chi connectivity index (χ3n) is 5.23. The molecule has 2 N–H and O–H groups in total. The topological polar surface area (TPSA) is 69.6 Å². The Hall–Kier alpha value is -2.02. The molecule has 1 aromatic rings. The number of carboxylic acids is 1. The van der Waals surface area contributed by atoms with E-state index in [1.807, 2.05) is 11.8 Å². The number of rotatable bonds is 7. The molecule has 0 aliphatic heterocycles. The van der Waals surface area contributed by atoms with Crippen LogP contribution in [0.1, 0.15) is 37.7 Å². The van der Waals surface area contributed by atoms with Crippen molar-refractivity contribution in [3.05, 3.63) is 35.4 Å². The first-order chi connectivity index (χ1) is 11.9. The Morgan fingerprint density at radius 2 is 2.00 bits per heavy atom. The lowest BCUT2D eigenvalue weighted by Crippen LogP contribution is -2.55. The summed E-state index contributed by atoms with van der Waals surface area (Å²) in [6.45, 7) is 2.57. The highest BCUT2D eigenvalue weighted by molar-refractivity contribution is 5.83. The maximum Gasteiger partial charge on any atom is 0.317 e. The maximum atomic E-state index is 13.8. The molecule has 3 rings (SSSR count). The quantitative estimate of drug-likeness (QED) is 0.789. The standard InChI is InChI=1S/C18H22F2N2O3/c1-2-22(9-16(23)24)11-6-10(7-11)21-18(25)14-8-13(14)12-4-3-5-15(19)17(12)20/h3-5,10-11,13-14H,2,6-9H2,1H3,(H,21,25)(H,23,24). The summed E-state index contributed by atoms with van der Waals surface area (Å²) in [7, 11) is 0. The molecule has 0 radical (unpaired) electrons. The minimum Gasteiger partial charge on any atom is -0.480 e. The molecule has 2 atom stereocenters. The lowest BCUT2D eigenvalue weighted by atomic mass is 9.85. The Balaban J connectivity index is 1.47. The van der Waals surface area contributed by atoms with Gasteiger partial charge in [0.25, 0.3) is 0 Å². The molecule has 0 spiro atoms. The van der Waals surface area contributed by atoms with Crippen LogP contribution in [0.5, 0.6) is 0 Å². The average molecular weight is 352 g/mol. The van der Waals surface area contributed by atoms with Crippen molar-refractivity contribution in [2.75, 3.05) is 13.1 Å². The van der Waals surface area contributed by atoms with E-state index in [0.29, 0.717) is 13.0 Å². The fourth-order valence-corrected chi connectivity index (χ4v) is 3.62. The van der Waals surface area contributed by atoms with E-state index in [-0.39, 0.29) is 41.9 Å². The summed E-state index contributed by atoms with van der Waals surface area (Å²) in [5, 5.41) is 11.8. The van der Waals surface area contributed by atoms with E-state index in [9.17, 15) is 18.4 Å². The second-order valence-corrected chi connectivity index (χ2v) is 6.88. The number of likely N-dealkylation sites (N-methyl/N-ethyl adjacent to an activating group) is 1. The van der Waals surface area contributed by atoms with Gasteiger partial charge in [0.05, 0.1) is 6.54 Å². The Labute approximate surface area is 145 Å². The molecule has 0 saturated heterocycles. The van der Waals surface area contributed by atoms with Crippen LogP contribution in [-0.4, -0.2) is 47.1 Å². The van der Waals surface area contributed by atoms with Crippen molar-refractivity contribution in [1.29, 1.82) is 0 Å². The highest BCUT2D eigenvalue weighted by Crippen LogP contribution is 2.48. The first-order valence-corrected chi connectivity index (χ1v) is 8.60. The van der Waals surface area contributed by atoms with E-state index in [0.717, 1.165) is 18.9 Å². The van der Waals surface area contributed by atoms with E-state index < -0.39 is 17.6 Å². The molecule has 7 heteroatoms. The fourth-order valence-electron chi connectivity index (χ4n) is 3.62. The molecule has 5 nitrogen and oxygen atoms in total. The van der Waals surface area contributed by atoms with Crippen LogP contribution in [0.4, 0.5) is 8.78 Å². The summed E-state index contributed by atoms with van der Waals surface area (Å²) in [4.78, 5) is 25.0. The normalized spacial score (nSPS) is 27.7. The minimum atomic E-state index is -0.886. The Morgan fingerprint density at radius 3 is 2.64 bits per heavy atom. The van der Waals surface area contributed by atoms with Gasteiger partial charge in [-0.2, -0.15) is 0 Å². The van der Waals surface area contributed by atoms with Crippen molar-refractivity contribution in [2.24, 2.45) is 5.92 Å². The lowest BCUT2D eigenvalue weighted by molar-refractivity contribution is -0.139. The molecular weight excluding hydrogens is 330 g/mol. The Bertz CT molecular complexity index is 676. The molecule has 2 fully saturated rings. The molecular formula is C18H22F2N2O3. The molecule has 0 heterocycles. The molecule has 0 bridgehead atoms. The van der Waals surface area contributed by atoms with E-state index in [2.05, 4.69) is 5.32 Å². The van der Waals surface area contributed by atoms with Crippen LogP contribution in [0.15, 0.2) is 18.2 Å². The lowest BCUT2D eigenvalue weighted by Gasteiger charge is -2.42. The smallest absolute Gasteiger partial charge is 0.317 e. The number of hydrogen-bond acceptors (Lipinski definition) is 3. The van der Waals surface area contributed by atoms with Crippen LogP contribution in [0.25, 0.3) is 0 Å². The second kappa shape index (κ2) is 7.07. The number of hydrogen-bond donors (Lipinski definition) is 2. The molecule has 2 aliphatic rings. The molecule has 25 heavy (non-hydrogen) atoms. The van der Waals surface area contributed by atoms with Crippen molar-refractivity contribution in [1.82, 2.24) is 10.2 Å². The number of carboxylic acid groups (broad SMARTS) is 1. The predicted octanol–water partition coefficient (Wildman–Crippen LogP) is 2.12. The van der Waals surface area contributed by atoms with E-state index in [1.54, 1.807) is 0 Å². The SMILES string of the molecule is CCN(CC(=O)O)C1CC(NC(=O)C2CC2c2cccc(F)c2F)C1. The highest BCUT2D eigenvalue weighted by atomic mass is 19.2. The van der Waals surface area contributed by atoms with Crippen molar-refractivity contribution in [3.63, 3.8) is 0 Å². The Kier molecular flexibility index (Phi) is 5.03. The van der Waals surface area contributed by atoms with Crippen LogP contribution in [0.2, 0.25) is 0 Å². The van der Waals surface area contributed by atoms with Gasteiger partial charge in [-0.25, -0.2) is 8.78 Å². The fraction of sp³-hybridized carbons (Fsp3) is 0.556. The number of halogens is 2. The summed E-state index contributed by atoms with van der Waals surface area (Å²) < 4.78 is 27.1. The van der Waals surface area contributed by atoms with Gasteiger partial charge in [-0.1, -0.05) is 19.1 Å². The molecule has 0 aromatic heterocycles.